The second kappa shape index (κ2) is 8.92. The van der Waals surface area contributed by atoms with E-state index in [1.165, 1.54) is 0 Å². The minimum absolute atomic E-state index is 0.239. The molecule has 0 aromatic heterocycles. The number of ether oxygens (including phenoxy) is 3. The van der Waals surface area contributed by atoms with Crippen molar-refractivity contribution in [1.29, 1.82) is 0 Å². The van der Waals surface area contributed by atoms with Gasteiger partial charge in [-0.1, -0.05) is 36.8 Å². The topological polar surface area (TPSA) is 78.9 Å². The number of carbonyl (C=O) groups is 3. The summed E-state index contributed by atoms with van der Waals surface area (Å²) in [6, 6.07) is 9.50. The summed E-state index contributed by atoms with van der Waals surface area (Å²) in [5.41, 5.74) is 0.957. The van der Waals surface area contributed by atoms with E-state index in [4.69, 9.17) is 9.47 Å². The summed E-state index contributed by atoms with van der Waals surface area (Å²) in [5.74, 6) is -1.25. The van der Waals surface area contributed by atoms with Crippen LogP contribution in [0.1, 0.15) is 37.7 Å². The van der Waals surface area contributed by atoms with Gasteiger partial charge in [0.15, 0.2) is 12.7 Å². The van der Waals surface area contributed by atoms with Gasteiger partial charge < -0.3 is 14.2 Å². The van der Waals surface area contributed by atoms with Crippen LogP contribution in [0.5, 0.6) is 0 Å². The minimum atomic E-state index is -0.804. The van der Waals surface area contributed by atoms with Crippen LogP contribution in [0, 0.1) is 0 Å². The third kappa shape index (κ3) is 6.10. The standard InChI is InChI=1S/C17H20O6/c18-15(21-11-13-7-3-1-4-8-13)10-6-2-5-9-14-17(20)22-12-16(19)23-14/h1,3-4,7-8,14H,2,5-6,9-12H2. The van der Waals surface area contributed by atoms with Crippen LogP contribution in [0.4, 0.5) is 0 Å². The lowest BCUT2D eigenvalue weighted by Gasteiger charge is -2.20. The highest BCUT2D eigenvalue weighted by Gasteiger charge is 2.29. The van der Waals surface area contributed by atoms with Gasteiger partial charge in [0.05, 0.1) is 0 Å². The van der Waals surface area contributed by atoms with Gasteiger partial charge in [-0.05, 0) is 24.8 Å². The van der Waals surface area contributed by atoms with Gasteiger partial charge in [0.2, 0.25) is 0 Å². The summed E-state index contributed by atoms with van der Waals surface area (Å²) in [4.78, 5) is 34.0. The van der Waals surface area contributed by atoms with Crippen molar-refractivity contribution in [2.75, 3.05) is 6.61 Å². The zero-order valence-corrected chi connectivity index (χ0v) is 12.9. The molecule has 1 aliphatic rings. The smallest absolute Gasteiger partial charge is 0.348 e. The molecule has 23 heavy (non-hydrogen) atoms. The van der Waals surface area contributed by atoms with Crippen LogP contribution in [0.3, 0.4) is 0 Å². The van der Waals surface area contributed by atoms with Crippen LogP contribution < -0.4 is 0 Å². The summed E-state index contributed by atoms with van der Waals surface area (Å²) >= 11 is 0. The second-order valence-corrected chi connectivity index (χ2v) is 5.33. The van der Waals surface area contributed by atoms with Crippen molar-refractivity contribution >= 4 is 17.9 Å². The molecule has 1 atom stereocenters. The molecule has 1 aliphatic heterocycles. The highest BCUT2D eigenvalue weighted by Crippen LogP contribution is 2.13. The van der Waals surface area contributed by atoms with Crippen LogP contribution in [-0.2, 0) is 35.2 Å². The zero-order valence-electron chi connectivity index (χ0n) is 12.9. The molecule has 2 rings (SSSR count). The molecule has 0 saturated carbocycles. The summed E-state index contributed by atoms with van der Waals surface area (Å²) < 4.78 is 14.8. The zero-order chi connectivity index (χ0) is 16.5. The van der Waals surface area contributed by atoms with E-state index in [-0.39, 0.29) is 19.2 Å². The Hall–Kier alpha value is -2.37. The van der Waals surface area contributed by atoms with E-state index in [2.05, 4.69) is 4.74 Å². The molecule has 1 unspecified atom stereocenters. The fourth-order valence-corrected chi connectivity index (χ4v) is 2.23. The third-order valence-corrected chi connectivity index (χ3v) is 3.46. The Bertz CT molecular complexity index is 539. The Balaban J connectivity index is 1.54. The van der Waals surface area contributed by atoms with Gasteiger partial charge in [-0.2, -0.15) is 0 Å². The maximum Gasteiger partial charge on any atom is 0.348 e. The Labute approximate surface area is 134 Å². The summed E-state index contributed by atoms with van der Waals surface area (Å²) in [6.45, 7) is -0.0217. The first-order valence-corrected chi connectivity index (χ1v) is 7.71. The van der Waals surface area contributed by atoms with Crippen LogP contribution in [-0.4, -0.2) is 30.6 Å². The summed E-state index contributed by atoms with van der Waals surface area (Å²) in [5, 5.41) is 0. The Kier molecular flexibility index (Phi) is 6.59. The Morgan fingerprint density at radius 1 is 1.13 bits per heavy atom. The number of hydrogen-bond donors (Lipinski definition) is 0. The van der Waals surface area contributed by atoms with Crippen molar-refractivity contribution < 1.29 is 28.6 Å². The highest BCUT2D eigenvalue weighted by atomic mass is 16.6. The number of rotatable bonds is 8. The molecule has 1 aromatic carbocycles. The number of hydrogen-bond acceptors (Lipinski definition) is 6. The monoisotopic (exact) mass is 320 g/mol. The maximum absolute atomic E-state index is 11.6. The molecule has 1 heterocycles. The molecule has 1 aromatic rings. The predicted octanol–water partition coefficient (Wildman–Crippen LogP) is 2.15. The molecule has 0 spiro atoms. The van der Waals surface area contributed by atoms with E-state index < -0.39 is 18.0 Å². The predicted molar refractivity (Wildman–Crippen MR) is 80.2 cm³/mol. The number of unbranched alkanes of at least 4 members (excludes halogenated alkanes) is 2. The quantitative estimate of drug-likeness (QED) is 0.415. The summed E-state index contributed by atoms with van der Waals surface area (Å²) in [6.07, 6.45) is 2.05. The molecule has 1 saturated heterocycles. The van der Waals surface area contributed by atoms with Crippen LogP contribution in [0.2, 0.25) is 0 Å². The first kappa shape index (κ1) is 17.0. The molecular formula is C17H20O6. The van der Waals surface area contributed by atoms with Gasteiger partial charge in [0.1, 0.15) is 6.61 Å². The van der Waals surface area contributed by atoms with Crippen molar-refractivity contribution in [3.63, 3.8) is 0 Å². The summed E-state index contributed by atoms with van der Waals surface area (Å²) in [7, 11) is 0. The van der Waals surface area contributed by atoms with E-state index in [0.29, 0.717) is 25.7 Å². The maximum atomic E-state index is 11.6. The highest BCUT2D eigenvalue weighted by molar-refractivity contribution is 5.85. The molecule has 0 bridgehead atoms. The molecule has 1 fully saturated rings. The third-order valence-electron chi connectivity index (χ3n) is 3.46. The second-order valence-electron chi connectivity index (χ2n) is 5.33. The van der Waals surface area contributed by atoms with Crippen LogP contribution in [0.25, 0.3) is 0 Å². The lowest BCUT2D eigenvalue weighted by molar-refractivity contribution is -0.185. The van der Waals surface area contributed by atoms with E-state index in [1.807, 2.05) is 30.3 Å². The Morgan fingerprint density at radius 2 is 1.91 bits per heavy atom. The number of carbonyl (C=O) groups excluding carboxylic acids is 3. The van der Waals surface area contributed by atoms with E-state index in [1.54, 1.807) is 0 Å². The van der Waals surface area contributed by atoms with Crippen molar-refractivity contribution in [3.05, 3.63) is 35.9 Å². The average Bonchev–Trinajstić information content (AvgIpc) is 2.56. The molecular weight excluding hydrogens is 300 g/mol. The van der Waals surface area contributed by atoms with Crippen molar-refractivity contribution in [2.24, 2.45) is 0 Å². The lowest BCUT2D eigenvalue weighted by atomic mass is 10.1. The molecule has 0 N–H and O–H groups in total. The van der Waals surface area contributed by atoms with Gasteiger partial charge in [-0.3, -0.25) is 4.79 Å². The fourth-order valence-electron chi connectivity index (χ4n) is 2.23. The lowest BCUT2D eigenvalue weighted by Crippen LogP contribution is -2.37. The molecule has 0 amide bonds. The van der Waals surface area contributed by atoms with Gasteiger partial charge in [-0.15, -0.1) is 0 Å². The normalized spacial score (nSPS) is 17.3. The Morgan fingerprint density at radius 3 is 2.70 bits per heavy atom. The molecule has 124 valence electrons. The van der Waals surface area contributed by atoms with Gasteiger partial charge in [0, 0.05) is 6.42 Å². The first-order chi connectivity index (χ1) is 11.1. The van der Waals surface area contributed by atoms with Crippen molar-refractivity contribution in [2.45, 2.75) is 44.8 Å². The van der Waals surface area contributed by atoms with Gasteiger partial charge in [-0.25, -0.2) is 9.59 Å². The number of esters is 3. The van der Waals surface area contributed by atoms with Crippen LogP contribution in [0.15, 0.2) is 30.3 Å². The molecule has 6 heteroatoms. The van der Waals surface area contributed by atoms with E-state index in [9.17, 15) is 14.4 Å². The van der Waals surface area contributed by atoms with Crippen LogP contribution >= 0.6 is 0 Å². The molecule has 6 nitrogen and oxygen atoms in total. The first-order valence-electron chi connectivity index (χ1n) is 7.71. The number of benzene rings is 1. The SMILES string of the molecule is O=C(CCCCCC1OC(=O)COC1=O)OCc1ccccc1. The van der Waals surface area contributed by atoms with Gasteiger partial charge in [0.25, 0.3) is 0 Å². The largest absolute Gasteiger partial charge is 0.461 e. The van der Waals surface area contributed by atoms with Crippen molar-refractivity contribution in [1.82, 2.24) is 0 Å². The molecule has 0 radical (unpaired) electrons. The average molecular weight is 320 g/mol. The number of cyclic esters (lactones) is 2. The van der Waals surface area contributed by atoms with E-state index in [0.717, 1.165) is 12.0 Å². The van der Waals surface area contributed by atoms with Gasteiger partial charge >= 0.3 is 17.9 Å². The molecule has 0 aliphatic carbocycles. The van der Waals surface area contributed by atoms with Crippen molar-refractivity contribution in [3.8, 4) is 0 Å². The van der Waals surface area contributed by atoms with E-state index >= 15 is 0 Å². The minimum Gasteiger partial charge on any atom is -0.461 e. The fraction of sp³-hybridized carbons (Fsp3) is 0.471.